The first kappa shape index (κ1) is 12.0. The molecular weight excluding hydrogens is 210 g/mol. The topological polar surface area (TPSA) is 43.0 Å². The zero-order valence-electron chi connectivity index (χ0n) is 10.6. The Morgan fingerprint density at radius 2 is 2.12 bits per heavy atom. The van der Waals surface area contributed by atoms with E-state index in [4.69, 9.17) is 5.73 Å². The summed E-state index contributed by atoms with van der Waals surface area (Å²) in [6.45, 7) is 3.97. The van der Waals surface area contributed by atoms with E-state index in [0.29, 0.717) is 5.92 Å². The monoisotopic (exact) mass is 231 g/mol. The number of anilines is 1. The van der Waals surface area contributed by atoms with E-state index >= 15 is 0 Å². The van der Waals surface area contributed by atoms with Gasteiger partial charge in [0.05, 0.1) is 5.69 Å². The highest BCUT2D eigenvalue weighted by atomic mass is 15.0. The molecule has 0 saturated heterocycles. The van der Waals surface area contributed by atoms with E-state index in [-0.39, 0.29) is 0 Å². The molecule has 1 heterocycles. The fraction of sp³-hybridized carbons (Fsp3) is 0.429. The normalized spacial score (nSPS) is 12.9. The molecule has 1 atom stereocenters. The maximum atomic E-state index is 5.56. The van der Waals surface area contributed by atoms with Crippen molar-refractivity contribution in [1.29, 1.82) is 0 Å². The third kappa shape index (κ3) is 2.61. The molecule has 2 rings (SSSR count). The molecule has 3 heteroatoms. The number of rotatable bonds is 5. The molecule has 1 aromatic heterocycles. The minimum atomic E-state index is 0.610. The zero-order chi connectivity index (χ0) is 12.3. The van der Waals surface area contributed by atoms with Gasteiger partial charge in [-0.2, -0.15) is 0 Å². The average molecular weight is 231 g/mol. The molecule has 0 radical (unpaired) electrons. The third-order valence-electron chi connectivity index (χ3n) is 3.20. The molecule has 0 amide bonds. The number of hydrogen-bond acceptors (Lipinski definition) is 2. The average Bonchev–Trinajstić information content (AvgIpc) is 2.65. The van der Waals surface area contributed by atoms with Gasteiger partial charge in [0.25, 0.3) is 0 Å². The maximum Gasteiger partial charge on any atom is 0.0600 e. The SMILES string of the molecule is CC(CCN)CNc1cn(C)c2ccccc12. The predicted octanol–water partition coefficient (Wildman–Crippen LogP) is 2.58. The zero-order valence-corrected chi connectivity index (χ0v) is 10.6. The third-order valence-corrected chi connectivity index (χ3v) is 3.20. The van der Waals surface area contributed by atoms with Gasteiger partial charge >= 0.3 is 0 Å². The number of hydrogen-bond donors (Lipinski definition) is 2. The van der Waals surface area contributed by atoms with Gasteiger partial charge in [0, 0.05) is 30.7 Å². The van der Waals surface area contributed by atoms with Gasteiger partial charge in [0.1, 0.15) is 0 Å². The van der Waals surface area contributed by atoms with Gasteiger partial charge in [0.15, 0.2) is 0 Å². The first-order chi connectivity index (χ1) is 8.22. The van der Waals surface area contributed by atoms with Crippen molar-refractivity contribution < 1.29 is 0 Å². The molecule has 1 aromatic carbocycles. The molecule has 3 nitrogen and oxygen atoms in total. The summed E-state index contributed by atoms with van der Waals surface area (Å²) in [5.74, 6) is 0.610. The molecule has 2 aromatic rings. The van der Waals surface area contributed by atoms with Gasteiger partial charge < -0.3 is 15.6 Å². The van der Waals surface area contributed by atoms with Gasteiger partial charge in [-0.25, -0.2) is 0 Å². The van der Waals surface area contributed by atoms with Crippen LogP contribution < -0.4 is 11.1 Å². The van der Waals surface area contributed by atoms with Crippen LogP contribution in [0.1, 0.15) is 13.3 Å². The van der Waals surface area contributed by atoms with Crippen molar-refractivity contribution in [2.45, 2.75) is 13.3 Å². The lowest BCUT2D eigenvalue weighted by atomic mass is 10.1. The minimum absolute atomic E-state index is 0.610. The van der Waals surface area contributed by atoms with E-state index in [0.717, 1.165) is 19.5 Å². The number of nitrogens with two attached hydrogens (primary N) is 1. The Morgan fingerprint density at radius 3 is 2.88 bits per heavy atom. The summed E-state index contributed by atoms with van der Waals surface area (Å²) in [6, 6.07) is 8.45. The van der Waals surface area contributed by atoms with Crippen LogP contribution in [0.15, 0.2) is 30.5 Å². The van der Waals surface area contributed by atoms with E-state index < -0.39 is 0 Å². The summed E-state index contributed by atoms with van der Waals surface area (Å²) >= 11 is 0. The molecule has 0 aliphatic heterocycles. The van der Waals surface area contributed by atoms with Crippen LogP contribution in [0.3, 0.4) is 0 Å². The Hall–Kier alpha value is -1.48. The second kappa shape index (κ2) is 5.23. The molecule has 0 bridgehead atoms. The predicted molar refractivity (Wildman–Crippen MR) is 74.2 cm³/mol. The number of aryl methyl sites for hydroxylation is 1. The number of fused-ring (bicyclic) bond motifs is 1. The van der Waals surface area contributed by atoms with Crippen molar-refractivity contribution in [3.8, 4) is 0 Å². The van der Waals surface area contributed by atoms with E-state index in [9.17, 15) is 0 Å². The summed E-state index contributed by atoms with van der Waals surface area (Å²) in [5, 5.41) is 4.80. The van der Waals surface area contributed by atoms with Crippen LogP contribution in [0.5, 0.6) is 0 Å². The number of benzene rings is 1. The Kier molecular flexibility index (Phi) is 3.69. The highest BCUT2D eigenvalue weighted by Crippen LogP contribution is 2.25. The van der Waals surface area contributed by atoms with Crippen LogP contribution in [-0.2, 0) is 7.05 Å². The van der Waals surface area contributed by atoms with Crippen molar-refractivity contribution in [1.82, 2.24) is 4.57 Å². The van der Waals surface area contributed by atoms with E-state index in [2.05, 4.69) is 54.3 Å². The Bertz CT molecular complexity index is 487. The van der Waals surface area contributed by atoms with Gasteiger partial charge in [-0.1, -0.05) is 25.1 Å². The van der Waals surface area contributed by atoms with Crippen LogP contribution in [-0.4, -0.2) is 17.7 Å². The van der Waals surface area contributed by atoms with Crippen LogP contribution >= 0.6 is 0 Å². The number of nitrogens with one attached hydrogen (secondary N) is 1. The van der Waals surface area contributed by atoms with Crippen LogP contribution in [0, 0.1) is 5.92 Å². The largest absolute Gasteiger partial charge is 0.383 e. The summed E-state index contributed by atoms with van der Waals surface area (Å²) < 4.78 is 2.16. The van der Waals surface area contributed by atoms with E-state index in [1.165, 1.54) is 16.6 Å². The van der Waals surface area contributed by atoms with E-state index in [1.54, 1.807) is 0 Å². The quantitative estimate of drug-likeness (QED) is 0.830. The minimum Gasteiger partial charge on any atom is -0.383 e. The van der Waals surface area contributed by atoms with Crippen LogP contribution in [0.2, 0.25) is 0 Å². The fourth-order valence-corrected chi connectivity index (χ4v) is 2.15. The van der Waals surface area contributed by atoms with Gasteiger partial charge in [-0.05, 0) is 24.9 Å². The molecule has 0 aliphatic carbocycles. The van der Waals surface area contributed by atoms with Gasteiger partial charge in [-0.15, -0.1) is 0 Å². The second-order valence-electron chi connectivity index (χ2n) is 4.73. The lowest BCUT2D eigenvalue weighted by Crippen LogP contribution is -2.14. The molecule has 0 spiro atoms. The Balaban J connectivity index is 2.13. The van der Waals surface area contributed by atoms with Gasteiger partial charge in [-0.3, -0.25) is 0 Å². The number of nitrogens with zero attached hydrogens (tertiary/aromatic N) is 1. The van der Waals surface area contributed by atoms with E-state index in [1.807, 2.05) is 0 Å². The lowest BCUT2D eigenvalue weighted by molar-refractivity contribution is 0.568. The smallest absolute Gasteiger partial charge is 0.0600 e. The Labute approximate surface area is 103 Å². The van der Waals surface area contributed by atoms with Crippen molar-refractivity contribution in [2.24, 2.45) is 18.7 Å². The molecule has 0 aliphatic rings. The maximum absolute atomic E-state index is 5.56. The number of aromatic nitrogens is 1. The molecule has 0 fully saturated rings. The lowest BCUT2D eigenvalue weighted by Gasteiger charge is -2.11. The van der Waals surface area contributed by atoms with Crippen LogP contribution in [0.25, 0.3) is 10.9 Å². The van der Waals surface area contributed by atoms with Crippen molar-refractivity contribution >= 4 is 16.6 Å². The van der Waals surface area contributed by atoms with Gasteiger partial charge in [0.2, 0.25) is 0 Å². The summed E-state index contributed by atoms with van der Waals surface area (Å²) in [6.07, 6.45) is 3.22. The molecular formula is C14H21N3. The molecule has 92 valence electrons. The van der Waals surface area contributed by atoms with Crippen molar-refractivity contribution in [2.75, 3.05) is 18.4 Å². The summed E-state index contributed by atoms with van der Waals surface area (Å²) in [5.41, 5.74) is 8.04. The standard InChI is InChI=1S/C14H21N3/c1-11(7-8-15)9-16-13-10-17(2)14-6-4-3-5-12(13)14/h3-6,10-11,16H,7-9,15H2,1-2H3. The van der Waals surface area contributed by atoms with Crippen LogP contribution in [0.4, 0.5) is 5.69 Å². The molecule has 1 unspecified atom stereocenters. The van der Waals surface area contributed by atoms with Crippen molar-refractivity contribution in [3.63, 3.8) is 0 Å². The first-order valence-corrected chi connectivity index (χ1v) is 6.20. The highest BCUT2D eigenvalue weighted by molar-refractivity contribution is 5.92. The highest BCUT2D eigenvalue weighted by Gasteiger charge is 2.06. The molecule has 17 heavy (non-hydrogen) atoms. The van der Waals surface area contributed by atoms with Crippen molar-refractivity contribution in [3.05, 3.63) is 30.5 Å². The summed E-state index contributed by atoms with van der Waals surface area (Å²) in [7, 11) is 2.08. The summed E-state index contributed by atoms with van der Waals surface area (Å²) in [4.78, 5) is 0. The molecule has 3 N–H and O–H groups in total. The second-order valence-corrected chi connectivity index (χ2v) is 4.73. The number of para-hydroxylation sites is 1. The Morgan fingerprint density at radius 1 is 1.35 bits per heavy atom. The fourth-order valence-electron chi connectivity index (χ4n) is 2.15. The molecule has 0 saturated carbocycles. The first-order valence-electron chi connectivity index (χ1n) is 6.20.